The van der Waals surface area contributed by atoms with Crippen LogP contribution >= 0.6 is 0 Å². The fourth-order valence-electron chi connectivity index (χ4n) is 5.11. The van der Waals surface area contributed by atoms with Crippen LogP contribution < -0.4 is 20.1 Å². The van der Waals surface area contributed by atoms with Gasteiger partial charge < -0.3 is 24.8 Å². The van der Waals surface area contributed by atoms with Crippen molar-refractivity contribution in [2.45, 2.75) is 38.0 Å². The molecule has 1 saturated heterocycles. The Morgan fingerprint density at radius 1 is 0.974 bits per heavy atom. The molecule has 6 heteroatoms. The maximum Gasteiger partial charge on any atom is 0.124 e. The van der Waals surface area contributed by atoms with Crippen LogP contribution in [0.2, 0.25) is 0 Å². The van der Waals surface area contributed by atoms with Crippen LogP contribution in [-0.4, -0.2) is 44.4 Å². The average molecular weight is 512 g/mol. The van der Waals surface area contributed by atoms with Gasteiger partial charge in [0.1, 0.15) is 11.5 Å². The van der Waals surface area contributed by atoms with Gasteiger partial charge in [-0.05, 0) is 54.4 Å². The topological polar surface area (TPSA) is 64.6 Å². The molecule has 3 aromatic carbocycles. The number of piperidine rings is 1. The van der Waals surface area contributed by atoms with E-state index in [9.17, 15) is 0 Å². The van der Waals surface area contributed by atoms with Gasteiger partial charge >= 0.3 is 0 Å². The molecule has 0 bridgehead atoms. The zero-order valence-corrected chi connectivity index (χ0v) is 22.1. The Morgan fingerprint density at radius 3 is 2.76 bits per heavy atom. The Bertz CT molecular complexity index is 1290. The van der Waals surface area contributed by atoms with Crippen LogP contribution in [0.15, 0.2) is 85.1 Å². The molecule has 1 fully saturated rings. The third kappa shape index (κ3) is 6.90. The zero-order valence-electron chi connectivity index (χ0n) is 22.1. The third-order valence-electron chi connectivity index (χ3n) is 7.18. The summed E-state index contributed by atoms with van der Waals surface area (Å²) in [6.45, 7) is 4.65. The molecule has 1 aliphatic rings. The van der Waals surface area contributed by atoms with Gasteiger partial charge in [0.05, 0.1) is 32.4 Å². The average Bonchev–Trinajstić information content (AvgIpc) is 2.98. The number of methoxy groups -OCH3 is 1. The molecule has 1 aromatic heterocycles. The number of pyridine rings is 1. The van der Waals surface area contributed by atoms with Gasteiger partial charge in [0.25, 0.3) is 0 Å². The van der Waals surface area contributed by atoms with Crippen molar-refractivity contribution >= 4 is 10.9 Å². The summed E-state index contributed by atoms with van der Waals surface area (Å²) in [4.78, 5) is 4.50. The molecule has 2 heterocycles. The molecule has 198 valence electrons. The number of nitrogens with one attached hydrogen (secondary N) is 2. The first-order valence-corrected chi connectivity index (χ1v) is 13.5. The minimum Gasteiger partial charge on any atom is -0.496 e. The van der Waals surface area contributed by atoms with Crippen LogP contribution in [0.3, 0.4) is 0 Å². The van der Waals surface area contributed by atoms with Gasteiger partial charge in [-0.1, -0.05) is 48.5 Å². The van der Waals surface area contributed by atoms with E-state index in [0.717, 1.165) is 55.1 Å². The van der Waals surface area contributed by atoms with E-state index < -0.39 is 0 Å². The lowest BCUT2D eigenvalue weighted by molar-refractivity contribution is 0.105. The van der Waals surface area contributed by atoms with E-state index in [0.29, 0.717) is 31.8 Å². The highest BCUT2D eigenvalue weighted by Crippen LogP contribution is 2.28. The molecule has 5 rings (SSSR count). The van der Waals surface area contributed by atoms with E-state index in [4.69, 9.17) is 14.2 Å². The number of ether oxygens (including phenoxy) is 3. The van der Waals surface area contributed by atoms with Crippen molar-refractivity contribution in [2.75, 3.05) is 33.4 Å². The van der Waals surface area contributed by atoms with Crippen molar-refractivity contribution in [2.24, 2.45) is 0 Å². The molecule has 0 amide bonds. The van der Waals surface area contributed by atoms with Crippen molar-refractivity contribution in [1.82, 2.24) is 15.6 Å². The monoisotopic (exact) mass is 511 g/mol. The van der Waals surface area contributed by atoms with E-state index in [1.54, 1.807) is 7.11 Å². The number of benzene rings is 3. The summed E-state index contributed by atoms with van der Waals surface area (Å²) < 4.78 is 17.2. The maximum absolute atomic E-state index is 5.97. The summed E-state index contributed by atoms with van der Waals surface area (Å²) in [5.74, 6) is 2.23. The molecular weight excluding hydrogens is 474 g/mol. The second kappa shape index (κ2) is 13.4. The summed E-state index contributed by atoms with van der Waals surface area (Å²) in [7, 11) is 1.68. The van der Waals surface area contributed by atoms with Crippen LogP contribution in [0.4, 0.5) is 0 Å². The number of para-hydroxylation sites is 1. The zero-order chi connectivity index (χ0) is 26.0. The molecule has 0 aliphatic carbocycles. The fourth-order valence-corrected chi connectivity index (χ4v) is 5.11. The Hall–Kier alpha value is -3.45. The smallest absolute Gasteiger partial charge is 0.124 e. The van der Waals surface area contributed by atoms with Crippen molar-refractivity contribution in [3.05, 3.63) is 102 Å². The molecule has 38 heavy (non-hydrogen) atoms. The van der Waals surface area contributed by atoms with Gasteiger partial charge in [-0.25, -0.2) is 0 Å². The van der Waals surface area contributed by atoms with Crippen molar-refractivity contribution < 1.29 is 14.2 Å². The molecule has 6 nitrogen and oxygen atoms in total. The van der Waals surface area contributed by atoms with Crippen LogP contribution in [0, 0.1) is 0 Å². The second-order valence-electron chi connectivity index (χ2n) is 9.75. The molecule has 0 radical (unpaired) electrons. The highest BCUT2D eigenvalue weighted by Gasteiger charge is 2.26. The molecular formula is C32H37N3O3. The maximum atomic E-state index is 5.97. The summed E-state index contributed by atoms with van der Waals surface area (Å²) >= 11 is 0. The Labute approximate surface area is 225 Å². The van der Waals surface area contributed by atoms with Gasteiger partial charge in [-0.15, -0.1) is 0 Å². The summed E-state index contributed by atoms with van der Waals surface area (Å²) in [6.07, 6.45) is 3.80. The van der Waals surface area contributed by atoms with Crippen LogP contribution in [0.25, 0.3) is 10.9 Å². The minimum absolute atomic E-state index is 0.371. The van der Waals surface area contributed by atoms with Crippen molar-refractivity contribution in [3.8, 4) is 11.5 Å². The van der Waals surface area contributed by atoms with Crippen LogP contribution in [-0.2, 0) is 17.9 Å². The van der Waals surface area contributed by atoms with Crippen molar-refractivity contribution in [1.29, 1.82) is 0 Å². The predicted octanol–water partition coefficient (Wildman–Crippen LogP) is 5.46. The highest BCUT2D eigenvalue weighted by atomic mass is 16.5. The number of hydrogen-bond donors (Lipinski definition) is 2. The second-order valence-corrected chi connectivity index (χ2v) is 9.75. The lowest BCUT2D eigenvalue weighted by atomic mass is 9.86. The number of fused-ring (bicyclic) bond motifs is 1. The van der Waals surface area contributed by atoms with E-state index in [1.165, 1.54) is 16.5 Å². The Balaban J connectivity index is 1.08. The first-order valence-electron chi connectivity index (χ1n) is 13.5. The summed E-state index contributed by atoms with van der Waals surface area (Å²) in [5.41, 5.74) is 4.73. The Kier molecular flexibility index (Phi) is 9.21. The highest BCUT2D eigenvalue weighted by molar-refractivity contribution is 5.78. The standard InChI is InChI=1S/C32H37N3O3/c1-36-32-8-3-2-6-27(32)23-37-18-5-19-38-28-13-11-25(12-14-28)29-15-17-33-22-31(29)35-21-24-9-10-26-7-4-16-34-30(26)20-24/h2-4,6-14,16,20,29,31,33,35H,5,15,17-19,21-23H2,1H3/t29-,31-/m1/s1. The van der Waals surface area contributed by atoms with Gasteiger partial charge in [0.2, 0.25) is 0 Å². The van der Waals surface area contributed by atoms with Gasteiger partial charge in [0.15, 0.2) is 0 Å². The number of nitrogens with zero attached hydrogens (tertiary/aromatic N) is 1. The molecule has 0 unspecified atom stereocenters. The fraction of sp³-hybridized carbons (Fsp3) is 0.344. The first-order chi connectivity index (χ1) is 18.8. The van der Waals surface area contributed by atoms with E-state index in [-0.39, 0.29) is 0 Å². The molecule has 0 saturated carbocycles. The van der Waals surface area contributed by atoms with Gasteiger partial charge in [-0.3, -0.25) is 4.98 Å². The van der Waals surface area contributed by atoms with Crippen LogP contribution in [0.1, 0.15) is 35.4 Å². The van der Waals surface area contributed by atoms with Crippen LogP contribution in [0.5, 0.6) is 11.5 Å². The molecule has 1 aliphatic heterocycles. The Morgan fingerprint density at radius 2 is 1.87 bits per heavy atom. The normalized spacial score (nSPS) is 17.4. The lowest BCUT2D eigenvalue weighted by Gasteiger charge is -2.33. The largest absolute Gasteiger partial charge is 0.496 e. The lowest BCUT2D eigenvalue weighted by Crippen LogP contribution is -2.47. The van der Waals surface area contributed by atoms with Crippen molar-refractivity contribution in [3.63, 3.8) is 0 Å². The number of aromatic nitrogens is 1. The molecule has 4 aromatic rings. The SMILES string of the molecule is COc1ccccc1COCCCOc1ccc([C@H]2CCNC[C@H]2NCc2ccc3cccnc3c2)cc1. The molecule has 2 N–H and O–H groups in total. The van der Waals surface area contributed by atoms with E-state index in [2.05, 4.69) is 64.1 Å². The third-order valence-corrected chi connectivity index (χ3v) is 7.18. The predicted molar refractivity (Wildman–Crippen MR) is 152 cm³/mol. The number of rotatable bonds is 12. The molecule has 2 atom stereocenters. The quantitative estimate of drug-likeness (QED) is 0.246. The van der Waals surface area contributed by atoms with Gasteiger partial charge in [-0.2, -0.15) is 0 Å². The summed E-state index contributed by atoms with van der Waals surface area (Å²) in [6, 6.07) is 27.6. The van der Waals surface area contributed by atoms with E-state index in [1.807, 2.05) is 36.5 Å². The van der Waals surface area contributed by atoms with E-state index >= 15 is 0 Å². The first kappa shape index (κ1) is 26.2. The number of hydrogen-bond acceptors (Lipinski definition) is 6. The molecule has 0 spiro atoms. The minimum atomic E-state index is 0.371. The van der Waals surface area contributed by atoms with Gasteiger partial charge in [0, 0.05) is 48.6 Å². The summed E-state index contributed by atoms with van der Waals surface area (Å²) in [5, 5.41) is 8.53.